The van der Waals surface area contributed by atoms with Crippen LogP contribution in [0.25, 0.3) is 10.6 Å². The van der Waals surface area contributed by atoms with Gasteiger partial charge in [-0.15, -0.1) is 11.3 Å². The van der Waals surface area contributed by atoms with E-state index in [0.29, 0.717) is 11.4 Å². The number of aliphatic carboxylic acids is 1. The quantitative estimate of drug-likeness (QED) is 0.900. The van der Waals surface area contributed by atoms with E-state index in [1.54, 1.807) is 18.2 Å². The van der Waals surface area contributed by atoms with E-state index < -0.39 is 5.97 Å². The van der Waals surface area contributed by atoms with Crippen molar-refractivity contribution < 1.29 is 19.4 Å². The van der Waals surface area contributed by atoms with E-state index in [9.17, 15) is 9.59 Å². The van der Waals surface area contributed by atoms with Crippen molar-refractivity contribution >= 4 is 23.2 Å². The Bertz CT molecular complexity index is 741. The number of methoxy groups -OCH3 is 1. The van der Waals surface area contributed by atoms with Crippen LogP contribution in [0, 0.1) is 0 Å². The van der Waals surface area contributed by atoms with Gasteiger partial charge in [-0.25, -0.2) is 4.98 Å². The molecule has 1 fully saturated rings. The van der Waals surface area contributed by atoms with E-state index >= 15 is 0 Å². The van der Waals surface area contributed by atoms with Gasteiger partial charge in [0.1, 0.15) is 15.6 Å². The summed E-state index contributed by atoms with van der Waals surface area (Å²) < 4.78 is 5.13. The Morgan fingerprint density at radius 2 is 2.12 bits per heavy atom. The predicted octanol–water partition coefficient (Wildman–Crippen LogP) is 2.90. The van der Waals surface area contributed by atoms with Gasteiger partial charge in [-0.05, 0) is 37.1 Å². The van der Waals surface area contributed by atoms with Gasteiger partial charge in [0, 0.05) is 18.2 Å². The Kier molecular flexibility index (Phi) is 4.80. The lowest BCUT2D eigenvalue weighted by Crippen LogP contribution is -2.36. The normalized spacial score (nSPS) is 17.0. The van der Waals surface area contributed by atoms with Crippen LogP contribution >= 0.6 is 11.3 Å². The topological polar surface area (TPSA) is 79.7 Å². The highest BCUT2D eigenvalue weighted by Gasteiger charge is 2.31. The molecule has 1 saturated heterocycles. The van der Waals surface area contributed by atoms with Crippen molar-refractivity contribution in [1.29, 1.82) is 0 Å². The molecule has 1 N–H and O–H groups in total. The van der Waals surface area contributed by atoms with Gasteiger partial charge in [0.2, 0.25) is 0 Å². The molecule has 0 aliphatic carbocycles. The molecule has 2 heterocycles. The molecule has 1 aliphatic rings. The van der Waals surface area contributed by atoms with E-state index in [2.05, 4.69) is 4.98 Å². The number of nitrogens with zero attached hydrogens (tertiary/aromatic N) is 2. The summed E-state index contributed by atoms with van der Waals surface area (Å²) >= 11 is 1.32. The second-order valence-corrected chi connectivity index (χ2v) is 6.68. The number of benzene rings is 1. The number of aromatic nitrogens is 1. The number of thiazole rings is 1. The first-order chi connectivity index (χ1) is 11.6. The maximum absolute atomic E-state index is 12.7. The molecule has 1 unspecified atom stereocenters. The minimum atomic E-state index is -0.872. The Labute approximate surface area is 143 Å². The van der Waals surface area contributed by atoms with Crippen LogP contribution < -0.4 is 4.74 Å². The van der Waals surface area contributed by atoms with Gasteiger partial charge in [0.25, 0.3) is 5.91 Å². The van der Waals surface area contributed by atoms with E-state index in [-0.39, 0.29) is 18.4 Å². The van der Waals surface area contributed by atoms with Crippen molar-refractivity contribution in [3.8, 4) is 16.3 Å². The van der Waals surface area contributed by atoms with E-state index in [4.69, 9.17) is 9.84 Å². The van der Waals surface area contributed by atoms with Crippen LogP contribution in [0.5, 0.6) is 5.75 Å². The number of carboxylic acids is 1. The zero-order valence-electron chi connectivity index (χ0n) is 13.3. The zero-order chi connectivity index (χ0) is 17.1. The number of ether oxygens (including phenoxy) is 1. The zero-order valence-corrected chi connectivity index (χ0v) is 14.1. The highest BCUT2D eigenvalue weighted by Crippen LogP contribution is 2.29. The van der Waals surface area contributed by atoms with Crippen LogP contribution in [0.4, 0.5) is 0 Å². The first-order valence-electron chi connectivity index (χ1n) is 7.71. The second kappa shape index (κ2) is 7.00. The van der Waals surface area contributed by atoms with Crippen molar-refractivity contribution in [1.82, 2.24) is 9.88 Å². The lowest BCUT2D eigenvalue weighted by molar-refractivity contribution is -0.137. The van der Waals surface area contributed by atoms with Crippen molar-refractivity contribution in [3.05, 3.63) is 35.3 Å². The third-order valence-electron chi connectivity index (χ3n) is 4.10. The Balaban J connectivity index is 1.76. The van der Waals surface area contributed by atoms with E-state index in [1.807, 2.05) is 24.3 Å². The van der Waals surface area contributed by atoms with E-state index in [0.717, 1.165) is 29.2 Å². The van der Waals surface area contributed by atoms with Gasteiger partial charge in [0.05, 0.1) is 19.7 Å². The number of hydrogen-bond acceptors (Lipinski definition) is 5. The molecule has 24 heavy (non-hydrogen) atoms. The molecule has 7 heteroatoms. The summed E-state index contributed by atoms with van der Waals surface area (Å²) in [6, 6.07) is 7.27. The number of hydrogen-bond donors (Lipinski definition) is 1. The van der Waals surface area contributed by atoms with Crippen molar-refractivity contribution in [2.75, 3.05) is 13.7 Å². The lowest BCUT2D eigenvalue weighted by Gasteiger charge is -2.22. The maximum atomic E-state index is 12.7. The van der Waals surface area contributed by atoms with Gasteiger partial charge in [-0.1, -0.05) is 0 Å². The highest BCUT2D eigenvalue weighted by atomic mass is 32.1. The molecule has 3 rings (SSSR count). The minimum absolute atomic E-state index is 0.00409. The lowest BCUT2D eigenvalue weighted by atomic mass is 10.1. The molecular formula is C17H18N2O4S. The molecule has 0 spiro atoms. The van der Waals surface area contributed by atoms with Gasteiger partial charge in [0.15, 0.2) is 0 Å². The molecule has 1 atom stereocenters. The Morgan fingerprint density at radius 1 is 1.38 bits per heavy atom. The summed E-state index contributed by atoms with van der Waals surface area (Å²) in [6.07, 6.45) is 3.15. The summed E-state index contributed by atoms with van der Waals surface area (Å²) in [4.78, 5) is 30.2. The SMILES string of the molecule is COc1ccc(-c2ncc(C(=O)N3CCCC3CC(=O)O)s2)cc1. The smallest absolute Gasteiger partial charge is 0.305 e. The second-order valence-electron chi connectivity index (χ2n) is 5.65. The average Bonchev–Trinajstić information content (AvgIpc) is 3.23. The molecule has 1 aromatic carbocycles. The van der Waals surface area contributed by atoms with Crippen molar-refractivity contribution in [2.45, 2.75) is 25.3 Å². The Morgan fingerprint density at radius 3 is 2.79 bits per heavy atom. The maximum Gasteiger partial charge on any atom is 0.305 e. The number of carbonyl (C=O) groups excluding carboxylic acids is 1. The summed E-state index contributed by atoms with van der Waals surface area (Å²) in [7, 11) is 1.61. The van der Waals surface area contributed by atoms with Crippen molar-refractivity contribution in [2.24, 2.45) is 0 Å². The molecule has 6 nitrogen and oxygen atoms in total. The number of carboxylic acid groups (broad SMARTS) is 1. The molecule has 0 radical (unpaired) electrons. The molecule has 0 saturated carbocycles. The Hall–Kier alpha value is -2.41. The van der Waals surface area contributed by atoms with Gasteiger partial charge in [-0.2, -0.15) is 0 Å². The number of amides is 1. The molecule has 2 aromatic rings. The third-order valence-corrected chi connectivity index (χ3v) is 5.14. The molecule has 0 bridgehead atoms. The van der Waals surface area contributed by atoms with Crippen LogP contribution in [0.15, 0.2) is 30.5 Å². The monoisotopic (exact) mass is 346 g/mol. The van der Waals surface area contributed by atoms with E-state index in [1.165, 1.54) is 11.3 Å². The van der Waals surface area contributed by atoms with Crippen LogP contribution in [0.1, 0.15) is 28.9 Å². The van der Waals surface area contributed by atoms with Crippen LogP contribution in [0.3, 0.4) is 0 Å². The third kappa shape index (κ3) is 3.41. The standard InChI is InChI=1S/C17H18N2O4S/c1-23-13-6-4-11(5-7-13)16-18-10-14(24-16)17(22)19-8-2-3-12(19)9-15(20)21/h4-7,10,12H,2-3,8-9H2,1H3,(H,20,21). The summed E-state index contributed by atoms with van der Waals surface area (Å²) in [6.45, 7) is 0.604. The molecule has 1 amide bonds. The van der Waals surface area contributed by atoms with Gasteiger partial charge < -0.3 is 14.7 Å². The fourth-order valence-corrected chi connectivity index (χ4v) is 3.78. The van der Waals surface area contributed by atoms with Gasteiger partial charge >= 0.3 is 5.97 Å². The van der Waals surface area contributed by atoms with Gasteiger partial charge in [-0.3, -0.25) is 9.59 Å². The fraction of sp³-hybridized carbons (Fsp3) is 0.353. The largest absolute Gasteiger partial charge is 0.497 e. The first-order valence-corrected chi connectivity index (χ1v) is 8.53. The van der Waals surface area contributed by atoms with Crippen LogP contribution in [-0.4, -0.2) is 46.6 Å². The predicted molar refractivity (Wildman–Crippen MR) is 90.4 cm³/mol. The number of likely N-dealkylation sites (tertiary alicyclic amines) is 1. The summed E-state index contributed by atoms with van der Waals surface area (Å²) in [5.41, 5.74) is 0.920. The highest BCUT2D eigenvalue weighted by molar-refractivity contribution is 7.16. The van der Waals surface area contributed by atoms with Crippen LogP contribution in [-0.2, 0) is 4.79 Å². The minimum Gasteiger partial charge on any atom is -0.497 e. The average molecular weight is 346 g/mol. The summed E-state index contributed by atoms with van der Waals surface area (Å²) in [5.74, 6) is -0.237. The van der Waals surface area contributed by atoms with Crippen LogP contribution in [0.2, 0.25) is 0 Å². The summed E-state index contributed by atoms with van der Waals surface area (Å²) in [5, 5.41) is 9.74. The van der Waals surface area contributed by atoms with Crippen molar-refractivity contribution in [3.63, 3.8) is 0 Å². The molecule has 1 aromatic heterocycles. The molecular weight excluding hydrogens is 328 g/mol. The molecule has 126 valence electrons. The fourth-order valence-electron chi connectivity index (χ4n) is 2.90. The number of carbonyl (C=O) groups is 2. The molecule has 1 aliphatic heterocycles. The first kappa shape index (κ1) is 16.4. The number of rotatable bonds is 5.